The maximum atomic E-state index is 10.1. The van der Waals surface area contributed by atoms with Crippen LogP contribution in [0.3, 0.4) is 0 Å². The first kappa shape index (κ1) is 13.8. The molecule has 0 radical (unpaired) electrons. The molecule has 0 bridgehead atoms. The van der Waals surface area contributed by atoms with Gasteiger partial charge < -0.3 is 10.4 Å². The Morgan fingerprint density at radius 3 is 2.55 bits per heavy atom. The standard InChI is InChI=1S/C18H27NO/c1-12-7-10-17(13(2)18(12)20)19-16-9-8-14-5-3-4-6-15(14)11-16/h7,10,14-16,19-20H,3-6,8-9,11H2,1-2H3. The van der Waals surface area contributed by atoms with Gasteiger partial charge in [-0.05, 0) is 56.6 Å². The normalized spacial score (nSPS) is 29.8. The van der Waals surface area contributed by atoms with Gasteiger partial charge in [0, 0.05) is 17.3 Å². The Bertz CT molecular complexity index is 483. The van der Waals surface area contributed by atoms with Gasteiger partial charge in [-0.1, -0.05) is 31.7 Å². The Morgan fingerprint density at radius 1 is 1.00 bits per heavy atom. The zero-order valence-electron chi connectivity index (χ0n) is 12.8. The van der Waals surface area contributed by atoms with Crippen LogP contribution in [-0.4, -0.2) is 11.1 Å². The lowest BCUT2D eigenvalue weighted by Crippen LogP contribution is -2.34. The summed E-state index contributed by atoms with van der Waals surface area (Å²) < 4.78 is 0. The Balaban J connectivity index is 1.68. The van der Waals surface area contributed by atoms with Gasteiger partial charge in [0.2, 0.25) is 0 Å². The van der Waals surface area contributed by atoms with Crippen LogP contribution in [0.1, 0.15) is 56.1 Å². The zero-order valence-corrected chi connectivity index (χ0v) is 12.8. The van der Waals surface area contributed by atoms with Crippen LogP contribution in [0.5, 0.6) is 5.75 Å². The van der Waals surface area contributed by atoms with E-state index in [0.717, 1.165) is 28.7 Å². The van der Waals surface area contributed by atoms with Crippen molar-refractivity contribution in [2.45, 2.75) is 64.8 Å². The van der Waals surface area contributed by atoms with Gasteiger partial charge in [-0.25, -0.2) is 0 Å². The smallest absolute Gasteiger partial charge is 0.123 e. The molecule has 0 amide bonds. The number of hydrogen-bond acceptors (Lipinski definition) is 2. The number of phenols is 1. The van der Waals surface area contributed by atoms with Crippen molar-refractivity contribution < 1.29 is 5.11 Å². The van der Waals surface area contributed by atoms with Gasteiger partial charge in [0.15, 0.2) is 0 Å². The highest BCUT2D eigenvalue weighted by Crippen LogP contribution is 2.41. The Hall–Kier alpha value is -1.18. The Kier molecular flexibility index (Phi) is 3.91. The fourth-order valence-electron chi connectivity index (χ4n) is 4.22. The lowest BCUT2D eigenvalue weighted by Gasteiger charge is -2.40. The fourth-order valence-corrected chi connectivity index (χ4v) is 4.22. The van der Waals surface area contributed by atoms with Gasteiger partial charge in [-0.2, -0.15) is 0 Å². The molecule has 2 saturated carbocycles. The van der Waals surface area contributed by atoms with E-state index in [-0.39, 0.29) is 0 Å². The van der Waals surface area contributed by atoms with Crippen molar-refractivity contribution in [3.63, 3.8) is 0 Å². The van der Waals surface area contributed by atoms with Crippen LogP contribution in [0.2, 0.25) is 0 Å². The minimum atomic E-state index is 0.446. The summed E-state index contributed by atoms with van der Waals surface area (Å²) in [5.41, 5.74) is 3.08. The number of benzene rings is 1. The van der Waals surface area contributed by atoms with E-state index >= 15 is 0 Å². The van der Waals surface area contributed by atoms with E-state index in [4.69, 9.17) is 0 Å². The third kappa shape index (κ3) is 2.65. The Labute approximate surface area is 122 Å². The molecular weight excluding hydrogens is 246 g/mol. The highest BCUT2D eigenvalue weighted by molar-refractivity contribution is 5.59. The van der Waals surface area contributed by atoms with E-state index in [0.29, 0.717) is 11.8 Å². The molecule has 2 aliphatic carbocycles. The Morgan fingerprint density at radius 2 is 1.75 bits per heavy atom. The molecular formula is C18H27NO. The summed E-state index contributed by atoms with van der Waals surface area (Å²) in [6.45, 7) is 3.97. The molecule has 0 spiro atoms. The molecule has 3 atom stereocenters. The summed E-state index contributed by atoms with van der Waals surface area (Å²) >= 11 is 0. The van der Waals surface area contributed by atoms with Crippen molar-refractivity contribution in [1.29, 1.82) is 0 Å². The molecule has 3 rings (SSSR count). The quantitative estimate of drug-likeness (QED) is 0.812. The van der Waals surface area contributed by atoms with Crippen molar-refractivity contribution in [1.82, 2.24) is 0 Å². The minimum absolute atomic E-state index is 0.446. The van der Waals surface area contributed by atoms with Crippen LogP contribution >= 0.6 is 0 Å². The number of aromatic hydroxyl groups is 1. The number of anilines is 1. The summed E-state index contributed by atoms with van der Waals surface area (Å²) in [5, 5.41) is 13.8. The third-order valence-corrected chi connectivity index (χ3v) is 5.53. The number of phenolic OH excluding ortho intramolecular Hbond substituents is 1. The molecule has 20 heavy (non-hydrogen) atoms. The van der Waals surface area contributed by atoms with E-state index in [9.17, 15) is 5.11 Å². The molecule has 3 unspecified atom stereocenters. The van der Waals surface area contributed by atoms with Crippen LogP contribution in [0.15, 0.2) is 12.1 Å². The molecule has 0 heterocycles. The van der Waals surface area contributed by atoms with E-state index in [1.807, 2.05) is 19.9 Å². The average Bonchev–Trinajstić information content (AvgIpc) is 2.48. The molecule has 0 aliphatic heterocycles. The molecule has 2 N–H and O–H groups in total. The second-order valence-electron chi connectivity index (χ2n) is 6.86. The van der Waals surface area contributed by atoms with Crippen LogP contribution in [0.4, 0.5) is 5.69 Å². The molecule has 110 valence electrons. The van der Waals surface area contributed by atoms with E-state index in [2.05, 4.69) is 11.4 Å². The number of hydrogen-bond donors (Lipinski definition) is 2. The van der Waals surface area contributed by atoms with Crippen LogP contribution in [-0.2, 0) is 0 Å². The monoisotopic (exact) mass is 273 g/mol. The SMILES string of the molecule is Cc1ccc(NC2CCC3CCCCC3C2)c(C)c1O. The van der Waals surface area contributed by atoms with Crippen molar-refractivity contribution in [2.75, 3.05) is 5.32 Å². The minimum Gasteiger partial charge on any atom is -0.507 e. The predicted molar refractivity (Wildman–Crippen MR) is 84.3 cm³/mol. The molecule has 2 heteroatoms. The first-order valence-corrected chi connectivity index (χ1v) is 8.21. The average molecular weight is 273 g/mol. The number of aryl methyl sites for hydroxylation is 1. The molecule has 0 aromatic heterocycles. The summed E-state index contributed by atoms with van der Waals surface area (Å²) in [7, 11) is 0. The van der Waals surface area contributed by atoms with Gasteiger partial charge in [0.25, 0.3) is 0 Å². The zero-order chi connectivity index (χ0) is 14.1. The number of rotatable bonds is 2. The maximum Gasteiger partial charge on any atom is 0.123 e. The predicted octanol–water partition coefficient (Wildman–Crippen LogP) is 4.78. The molecule has 2 aliphatic rings. The van der Waals surface area contributed by atoms with Crippen LogP contribution in [0.25, 0.3) is 0 Å². The van der Waals surface area contributed by atoms with Gasteiger partial charge in [-0.3, -0.25) is 0 Å². The lowest BCUT2D eigenvalue weighted by atomic mass is 9.69. The highest BCUT2D eigenvalue weighted by atomic mass is 16.3. The lowest BCUT2D eigenvalue weighted by molar-refractivity contribution is 0.162. The second-order valence-corrected chi connectivity index (χ2v) is 6.86. The number of fused-ring (bicyclic) bond motifs is 1. The topological polar surface area (TPSA) is 32.3 Å². The fraction of sp³-hybridized carbons (Fsp3) is 0.667. The van der Waals surface area contributed by atoms with Crippen molar-refractivity contribution in [3.05, 3.63) is 23.3 Å². The molecule has 2 fully saturated rings. The molecule has 2 nitrogen and oxygen atoms in total. The second kappa shape index (κ2) is 5.67. The highest BCUT2D eigenvalue weighted by Gasteiger charge is 2.32. The number of nitrogens with one attached hydrogen (secondary N) is 1. The summed E-state index contributed by atoms with van der Waals surface area (Å²) in [6, 6.07) is 4.73. The first-order valence-electron chi connectivity index (χ1n) is 8.21. The van der Waals surface area contributed by atoms with Crippen LogP contribution < -0.4 is 5.32 Å². The first-order chi connectivity index (χ1) is 9.65. The van der Waals surface area contributed by atoms with Gasteiger partial charge in [-0.15, -0.1) is 0 Å². The summed E-state index contributed by atoms with van der Waals surface area (Å²) in [5.74, 6) is 2.38. The molecule has 0 saturated heterocycles. The molecule has 1 aromatic carbocycles. The van der Waals surface area contributed by atoms with Gasteiger partial charge >= 0.3 is 0 Å². The van der Waals surface area contributed by atoms with Gasteiger partial charge in [0.05, 0.1) is 0 Å². The van der Waals surface area contributed by atoms with E-state index < -0.39 is 0 Å². The van der Waals surface area contributed by atoms with E-state index in [1.54, 1.807) is 0 Å². The van der Waals surface area contributed by atoms with E-state index in [1.165, 1.54) is 44.9 Å². The summed E-state index contributed by atoms with van der Waals surface area (Å²) in [4.78, 5) is 0. The van der Waals surface area contributed by atoms with Gasteiger partial charge in [0.1, 0.15) is 5.75 Å². The van der Waals surface area contributed by atoms with Crippen LogP contribution in [0, 0.1) is 25.7 Å². The van der Waals surface area contributed by atoms with Crippen molar-refractivity contribution in [2.24, 2.45) is 11.8 Å². The molecule has 1 aromatic rings. The largest absolute Gasteiger partial charge is 0.507 e. The summed E-state index contributed by atoms with van der Waals surface area (Å²) in [6.07, 6.45) is 9.76. The van der Waals surface area contributed by atoms with Crippen molar-refractivity contribution in [3.8, 4) is 5.75 Å². The van der Waals surface area contributed by atoms with Crippen molar-refractivity contribution >= 4 is 5.69 Å². The maximum absolute atomic E-state index is 10.1. The third-order valence-electron chi connectivity index (χ3n) is 5.53.